The smallest absolute Gasteiger partial charge is 0.241 e. The Morgan fingerprint density at radius 3 is 2.34 bits per heavy atom. The van der Waals surface area contributed by atoms with E-state index < -0.39 is 0 Å². The van der Waals surface area contributed by atoms with E-state index in [1.54, 1.807) is 0 Å². The molecule has 1 fully saturated rings. The van der Waals surface area contributed by atoms with Crippen LogP contribution in [-0.4, -0.2) is 34.0 Å². The second-order valence-electron chi connectivity index (χ2n) is 8.58. The number of carbonyl (C=O) groups excluding carboxylic acids is 1. The van der Waals surface area contributed by atoms with Gasteiger partial charge in [0.25, 0.3) is 0 Å². The van der Waals surface area contributed by atoms with E-state index in [0.29, 0.717) is 18.3 Å². The minimum atomic E-state index is 0.0340. The van der Waals surface area contributed by atoms with E-state index >= 15 is 0 Å². The van der Waals surface area contributed by atoms with Crippen LogP contribution < -0.4 is 5.32 Å². The molecule has 2 aromatic carbocycles. The first kappa shape index (κ1) is 22.2. The molecular weight excluding hydrogens is 400 g/mol. The monoisotopic (exact) mass is 432 g/mol. The predicted molar refractivity (Wildman–Crippen MR) is 126 cm³/mol. The van der Waals surface area contributed by atoms with Crippen molar-refractivity contribution in [3.05, 3.63) is 65.0 Å². The lowest BCUT2D eigenvalue weighted by Gasteiger charge is -2.30. The summed E-state index contributed by atoms with van der Waals surface area (Å²) in [6.45, 7) is 8.62. The number of para-hydroxylation sites is 1. The zero-order valence-electron chi connectivity index (χ0n) is 19.2. The molecule has 0 atom stereocenters. The van der Waals surface area contributed by atoms with Gasteiger partial charge in [-0.2, -0.15) is 4.98 Å². The van der Waals surface area contributed by atoms with E-state index in [9.17, 15) is 4.79 Å². The summed E-state index contributed by atoms with van der Waals surface area (Å²) in [5, 5.41) is 7.37. The summed E-state index contributed by atoms with van der Waals surface area (Å²) in [5.74, 6) is 1.41. The van der Waals surface area contributed by atoms with Gasteiger partial charge >= 0.3 is 0 Å². The standard InChI is InChI=1S/C26H32N4O2/c1-4-19-7-6-8-20(5-2)24(19)28-26(31)22-13-15-30(16-14-22)17-23-27-25(29-32-23)21-11-9-18(3)10-12-21/h6-12,22H,4-5,13-17H2,1-3H3,(H,28,31). The number of carbonyl (C=O) groups is 1. The van der Waals surface area contributed by atoms with E-state index in [4.69, 9.17) is 4.52 Å². The summed E-state index contributed by atoms with van der Waals surface area (Å²) >= 11 is 0. The second kappa shape index (κ2) is 10.1. The van der Waals surface area contributed by atoms with Crippen molar-refractivity contribution in [3.63, 3.8) is 0 Å². The van der Waals surface area contributed by atoms with Gasteiger partial charge in [-0.25, -0.2) is 0 Å². The van der Waals surface area contributed by atoms with Gasteiger partial charge in [0.15, 0.2) is 0 Å². The Labute approximate surface area is 190 Å². The zero-order valence-corrected chi connectivity index (χ0v) is 19.2. The van der Waals surface area contributed by atoms with Crippen molar-refractivity contribution in [1.29, 1.82) is 0 Å². The molecule has 6 nitrogen and oxygen atoms in total. The molecule has 1 amide bonds. The van der Waals surface area contributed by atoms with E-state index in [0.717, 1.165) is 50.0 Å². The Kier molecular flexibility index (Phi) is 7.00. The lowest BCUT2D eigenvalue weighted by molar-refractivity contribution is -0.121. The largest absolute Gasteiger partial charge is 0.338 e. The van der Waals surface area contributed by atoms with E-state index in [2.05, 4.69) is 59.3 Å². The number of nitrogens with one attached hydrogen (secondary N) is 1. The van der Waals surface area contributed by atoms with E-state index in [1.807, 2.05) is 24.3 Å². The molecule has 1 aliphatic rings. The number of nitrogens with zero attached hydrogens (tertiary/aromatic N) is 3. The van der Waals surface area contributed by atoms with Crippen LogP contribution >= 0.6 is 0 Å². The average molecular weight is 433 g/mol. The molecule has 0 aliphatic carbocycles. The number of aryl methyl sites for hydroxylation is 3. The minimum absolute atomic E-state index is 0.0340. The average Bonchev–Trinajstić information content (AvgIpc) is 3.28. The summed E-state index contributed by atoms with van der Waals surface area (Å²) in [6.07, 6.45) is 3.49. The van der Waals surface area contributed by atoms with Gasteiger partial charge in [0.1, 0.15) is 0 Å². The summed E-state index contributed by atoms with van der Waals surface area (Å²) in [5.41, 5.74) is 5.58. The first-order valence-corrected chi connectivity index (χ1v) is 11.6. The highest BCUT2D eigenvalue weighted by atomic mass is 16.5. The number of likely N-dealkylation sites (tertiary alicyclic amines) is 1. The number of rotatable bonds is 7. The lowest BCUT2D eigenvalue weighted by Crippen LogP contribution is -2.38. The molecule has 2 heterocycles. The van der Waals surface area contributed by atoms with Crippen LogP contribution in [0.3, 0.4) is 0 Å². The van der Waals surface area contributed by atoms with Crippen LogP contribution in [0.5, 0.6) is 0 Å². The Morgan fingerprint density at radius 1 is 1.06 bits per heavy atom. The fraction of sp³-hybridized carbons (Fsp3) is 0.423. The van der Waals surface area contributed by atoms with Crippen LogP contribution in [0.25, 0.3) is 11.4 Å². The highest BCUT2D eigenvalue weighted by Gasteiger charge is 2.27. The molecule has 3 aromatic rings. The Hall–Kier alpha value is -2.99. The van der Waals surface area contributed by atoms with Crippen LogP contribution in [0.2, 0.25) is 0 Å². The molecule has 6 heteroatoms. The molecule has 0 unspecified atom stereocenters. The molecule has 1 saturated heterocycles. The lowest BCUT2D eigenvalue weighted by atomic mass is 9.95. The van der Waals surface area contributed by atoms with Gasteiger partial charge in [0.05, 0.1) is 6.54 Å². The number of hydrogen-bond acceptors (Lipinski definition) is 5. The molecule has 0 radical (unpaired) electrons. The van der Waals surface area contributed by atoms with Gasteiger partial charge in [0, 0.05) is 17.2 Å². The first-order valence-electron chi connectivity index (χ1n) is 11.6. The molecule has 168 valence electrons. The number of piperidine rings is 1. The van der Waals surface area contributed by atoms with Crippen LogP contribution in [0.4, 0.5) is 5.69 Å². The fourth-order valence-corrected chi connectivity index (χ4v) is 4.31. The van der Waals surface area contributed by atoms with Crippen molar-refractivity contribution in [2.24, 2.45) is 5.92 Å². The topological polar surface area (TPSA) is 71.3 Å². The van der Waals surface area contributed by atoms with Crippen LogP contribution in [0, 0.1) is 12.8 Å². The molecule has 32 heavy (non-hydrogen) atoms. The predicted octanol–water partition coefficient (Wildman–Crippen LogP) is 5.02. The van der Waals surface area contributed by atoms with Crippen molar-refractivity contribution >= 4 is 11.6 Å². The summed E-state index contributed by atoms with van der Waals surface area (Å²) in [4.78, 5) is 19.8. The maximum atomic E-state index is 13.0. The van der Waals surface area contributed by atoms with Gasteiger partial charge in [-0.05, 0) is 56.8 Å². The number of benzene rings is 2. The molecule has 0 bridgehead atoms. The molecule has 0 saturated carbocycles. The highest BCUT2D eigenvalue weighted by molar-refractivity contribution is 5.94. The maximum Gasteiger partial charge on any atom is 0.241 e. The fourth-order valence-electron chi connectivity index (χ4n) is 4.31. The Morgan fingerprint density at radius 2 is 1.72 bits per heavy atom. The van der Waals surface area contributed by atoms with Crippen molar-refractivity contribution in [3.8, 4) is 11.4 Å². The van der Waals surface area contributed by atoms with Gasteiger partial charge in [0.2, 0.25) is 17.6 Å². The summed E-state index contributed by atoms with van der Waals surface area (Å²) in [7, 11) is 0. The Bertz CT molecular complexity index is 1030. The number of aromatic nitrogens is 2. The van der Waals surface area contributed by atoms with Crippen molar-refractivity contribution in [2.45, 2.75) is 53.0 Å². The highest BCUT2D eigenvalue weighted by Crippen LogP contribution is 2.26. The third-order valence-electron chi connectivity index (χ3n) is 6.34. The number of hydrogen-bond donors (Lipinski definition) is 1. The zero-order chi connectivity index (χ0) is 22.5. The van der Waals surface area contributed by atoms with Crippen LogP contribution in [0.15, 0.2) is 47.0 Å². The van der Waals surface area contributed by atoms with Crippen LogP contribution in [0.1, 0.15) is 49.3 Å². The normalized spacial score (nSPS) is 15.1. The van der Waals surface area contributed by atoms with E-state index in [1.165, 1.54) is 16.7 Å². The van der Waals surface area contributed by atoms with Crippen LogP contribution in [-0.2, 0) is 24.2 Å². The van der Waals surface area contributed by atoms with Gasteiger partial charge < -0.3 is 9.84 Å². The third-order valence-corrected chi connectivity index (χ3v) is 6.34. The minimum Gasteiger partial charge on any atom is -0.338 e. The molecule has 1 aromatic heterocycles. The second-order valence-corrected chi connectivity index (χ2v) is 8.58. The summed E-state index contributed by atoms with van der Waals surface area (Å²) in [6, 6.07) is 14.4. The molecular formula is C26H32N4O2. The molecule has 1 aliphatic heterocycles. The van der Waals surface area contributed by atoms with Gasteiger partial charge in [-0.3, -0.25) is 9.69 Å². The number of amides is 1. The molecule has 0 spiro atoms. The maximum absolute atomic E-state index is 13.0. The SMILES string of the molecule is CCc1cccc(CC)c1NC(=O)C1CCN(Cc2nc(-c3ccc(C)cc3)no2)CC1. The summed E-state index contributed by atoms with van der Waals surface area (Å²) < 4.78 is 5.47. The van der Waals surface area contributed by atoms with Crippen molar-refractivity contribution in [2.75, 3.05) is 18.4 Å². The van der Waals surface area contributed by atoms with E-state index in [-0.39, 0.29) is 11.8 Å². The third kappa shape index (κ3) is 5.07. The Balaban J connectivity index is 1.32. The van der Waals surface area contributed by atoms with Gasteiger partial charge in [-0.1, -0.05) is 67.0 Å². The van der Waals surface area contributed by atoms with Crippen molar-refractivity contribution < 1.29 is 9.32 Å². The number of anilines is 1. The quantitative estimate of drug-likeness (QED) is 0.568. The first-order chi connectivity index (χ1) is 15.6. The van der Waals surface area contributed by atoms with Crippen molar-refractivity contribution in [1.82, 2.24) is 15.0 Å². The molecule has 1 N–H and O–H groups in total. The van der Waals surface area contributed by atoms with Gasteiger partial charge in [-0.15, -0.1) is 0 Å². The molecule has 4 rings (SSSR count).